The Hall–Kier alpha value is -3.45. The lowest BCUT2D eigenvalue weighted by molar-refractivity contribution is -0.134. The third-order valence-electron chi connectivity index (χ3n) is 4.53. The third kappa shape index (κ3) is 8.44. The molecule has 1 heterocycles. The van der Waals surface area contributed by atoms with Crippen LogP contribution >= 0.6 is 0 Å². The van der Waals surface area contributed by atoms with Crippen LogP contribution in [-0.4, -0.2) is 46.1 Å². The second kappa shape index (κ2) is 11.7. The molecule has 0 saturated heterocycles. The number of hydrazine groups is 1. The summed E-state index contributed by atoms with van der Waals surface area (Å²) in [5, 5.41) is 17.3. The summed E-state index contributed by atoms with van der Waals surface area (Å²) in [6, 6.07) is 17.6. The normalized spacial score (nSPS) is 13.2. The van der Waals surface area contributed by atoms with Crippen LogP contribution in [0.15, 0.2) is 65.7 Å². The number of amidine groups is 1. The fourth-order valence-electron chi connectivity index (χ4n) is 3.13. The highest BCUT2D eigenvalue weighted by Gasteiger charge is 2.14. The number of benzene rings is 2. The Labute approximate surface area is 182 Å². The lowest BCUT2D eigenvalue weighted by atomic mass is 9.99. The van der Waals surface area contributed by atoms with Gasteiger partial charge in [0.1, 0.15) is 5.84 Å². The Morgan fingerprint density at radius 3 is 1.87 bits per heavy atom. The first-order valence-electron chi connectivity index (χ1n) is 10.1. The van der Waals surface area contributed by atoms with E-state index in [-0.39, 0.29) is 0 Å². The smallest absolute Gasteiger partial charge is 0.328 e. The quantitative estimate of drug-likeness (QED) is 0.465. The number of aliphatic carboxylic acids is 2. The molecule has 164 valence electrons. The van der Waals surface area contributed by atoms with Crippen LogP contribution < -0.4 is 5.84 Å². The van der Waals surface area contributed by atoms with Crippen molar-refractivity contribution < 1.29 is 19.8 Å². The van der Waals surface area contributed by atoms with E-state index in [0.29, 0.717) is 18.1 Å². The molecule has 0 fully saturated rings. The van der Waals surface area contributed by atoms with E-state index in [0.717, 1.165) is 37.3 Å². The number of carbonyl (C=O) groups is 2. The van der Waals surface area contributed by atoms with Gasteiger partial charge in [-0.05, 0) is 35.4 Å². The molecule has 0 aromatic heterocycles. The molecule has 2 aromatic rings. The van der Waals surface area contributed by atoms with E-state index in [1.807, 2.05) is 0 Å². The van der Waals surface area contributed by atoms with Gasteiger partial charge in [0, 0.05) is 17.7 Å². The van der Waals surface area contributed by atoms with Crippen LogP contribution in [0.1, 0.15) is 36.1 Å². The largest absolute Gasteiger partial charge is 0.478 e. The summed E-state index contributed by atoms with van der Waals surface area (Å²) in [6.07, 6.45) is 3.22. The minimum atomic E-state index is -1.26. The molecule has 2 aromatic carbocycles. The summed E-state index contributed by atoms with van der Waals surface area (Å²) in [5.74, 6) is 5.01. The SMILES string of the molecule is CC(C)Cc1ccc(Cc2ccc(C3=NCCN3N)cc2)cc1.O=C(O)/C=C/C(=O)O. The predicted molar refractivity (Wildman–Crippen MR) is 121 cm³/mol. The van der Waals surface area contributed by atoms with Crippen molar-refractivity contribution >= 4 is 17.8 Å². The highest BCUT2D eigenvalue weighted by molar-refractivity contribution is 5.99. The van der Waals surface area contributed by atoms with Crippen molar-refractivity contribution in [3.63, 3.8) is 0 Å². The van der Waals surface area contributed by atoms with E-state index in [9.17, 15) is 9.59 Å². The lowest BCUT2D eigenvalue weighted by Crippen LogP contribution is -2.34. The molecule has 0 radical (unpaired) electrons. The van der Waals surface area contributed by atoms with Crippen molar-refractivity contribution in [2.45, 2.75) is 26.7 Å². The summed E-state index contributed by atoms with van der Waals surface area (Å²) in [7, 11) is 0. The molecule has 1 aliphatic rings. The van der Waals surface area contributed by atoms with Gasteiger partial charge in [0.25, 0.3) is 0 Å². The second-order valence-electron chi connectivity index (χ2n) is 7.70. The van der Waals surface area contributed by atoms with Gasteiger partial charge in [-0.2, -0.15) is 0 Å². The van der Waals surface area contributed by atoms with Gasteiger partial charge >= 0.3 is 11.9 Å². The minimum Gasteiger partial charge on any atom is -0.478 e. The van der Waals surface area contributed by atoms with Crippen LogP contribution in [0.2, 0.25) is 0 Å². The molecule has 4 N–H and O–H groups in total. The van der Waals surface area contributed by atoms with E-state index in [1.165, 1.54) is 16.7 Å². The number of nitrogens with two attached hydrogens (primary N) is 1. The summed E-state index contributed by atoms with van der Waals surface area (Å²) in [4.78, 5) is 23.6. The molecule has 1 aliphatic heterocycles. The molecule has 0 spiro atoms. The van der Waals surface area contributed by atoms with Crippen molar-refractivity contribution in [1.29, 1.82) is 0 Å². The zero-order valence-corrected chi connectivity index (χ0v) is 17.9. The molecular formula is C24H29N3O4. The Morgan fingerprint density at radius 2 is 1.45 bits per heavy atom. The Bertz CT molecular complexity index is 916. The topological polar surface area (TPSA) is 116 Å². The molecule has 0 bridgehead atoms. The number of hydrogen-bond acceptors (Lipinski definition) is 5. The first-order valence-corrected chi connectivity index (χ1v) is 10.1. The molecule has 0 aliphatic carbocycles. The van der Waals surface area contributed by atoms with Gasteiger partial charge < -0.3 is 10.2 Å². The molecular weight excluding hydrogens is 394 g/mol. The molecule has 3 rings (SSSR count). The highest BCUT2D eigenvalue weighted by atomic mass is 16.4. The van der Waals surface area contributed by atoms with E-state index in [4.69, 9.17) is 16.1 Å². The lowest BCUT2D eigenvalue weighted by Gasteiger charge is -2.13. The van der Waals surface area contributed by atoms with Crippen LogP contribution in [0, 0.1) is 5.92 Å². The fourth-order valence-corrected chi connectivity index (χ4v) is 3.13. The van der Waals surface area contributed by atoms with E-state index < -0.39 is 11.9 Å². The van der Waals surface area contributed by atoms with E-state index in [2.05, 4.69) is 67.4 Å². The maximum Gasteiger partial charge on any atom is 0.328 e. The van der Waals surface area contributed by atoms with Gasteiger partial charge in [-0.25, -0.2) is 15.4 Å². The Balaban J connectivity index is 0.000000366. The Morgan fingerprint density at radius 1 is 0.968 bits per heavy atom. The molecule has 7 heteroatoms. The number of aliphatic imine (C=N–C) groups is 1. The van der Waals surface area contributed by atoms with Crippen LogP contribution in [0.4, 0.5) is 0 Å². The molecule has 31 heavy (non-hydrogen) atoms. The van der Waals surface area contributed by atoms with Crippen LogP contribution in [-0.2, 0) is 22.4 Å². The van der Waals surface area contributed by atoms with Crippen LogP contribution in [0.25, 0.3) is 0 Å². The highest BCUT2D eigenvalue weighted by Crippen LogP contribution is 2.15. The average molecular weight is 424 g/mol. The maximum absolute atomic E-state index is 9.55. The van der Waals surface area contributed by atoms with E-state index in [1.54, 1.807) is 5.01 Å². The number of carboxylic acid groups (broad SMARTS) is 2. The maximum atomic E-state index is 9.55. The van der Waals surface area contributed by atoms with Crippen LogP contribution in [0.5, 0.6) is 0 Å². The fraction of sp³-hybridized carbons (Fsp3) is 0.292. The zero-order chi connectivity index (χ0) is 22.8. The van der Waals surface area contributed by atoms with Crippen molar-refractivity contribution in [3.8, 4) is 0 Å². The molecule has 0 amide bonds. The summed E-state index contributed by atoms with van der Waals surface area (Å²) >= 11 is 0. The first-order chi connectivity index (χ1) is 14.7. The molecule has 0 unspecified atom stereocenters. The van der Waals surface area contributed by atoms with Crippen molar-refractivity contribution in [2.24, 2.45) is 16.8 Å². The van der Waals surface area contributed by atoms with Crippen molar-refractivity contribution in [1.82, 2.24) is 5.01 Å². The van der Waals surface area contributed by atoms with Gasteiger partial charge in [-0.15, -0.1) is 0 Å². The number of nitrogens with zero attached hydrogens (tertiary/aromatic N) is 2. The second-order valence-corrected chi connectivity index (χ2v) is 7.70. The number of hydrogen-bond donors (Lipinski definition) is 3. The Kier molecular flexibility index (Phi) is 8.96. The summed E-state index contributed by atoms with van der Waals surface area (Å²) in [6.45, 7) is 6.11. The van der Waals surface area contributed by atoms with Gasteiger partial charge in [0.15, 0.2) is 0 Å². The van der Waals surface area contributed by atoms with Crippen molar-refractivity contribution in [3.05, 3.63) is 82.9 Å². The zero-order valence-electron chi connectivity index (χ0n) is 17.9. The van der Waals surface area contributed by atoms with E-state index >= 15 is 0 Å². The third-order valence-corrected chi connectivity index (χ3v) is 4.53. The average Bonchev–Trinajstić information content (AvgIpc) is 3.14. The van der Waals surface area contributed by atoms with Gasteiger partial charge in [0.2, 0.25) is 0 Å². The van der Waals surface area contributed by atoms with Crippen LogP contribution in [0.3, 0.4) is 0 Å². The van der Waals surface area contributed by atoms with Crippen molar-refractivity contribution in [2.75, 3.05) is 13.1 Å². The first kappa shape index (κ1) is 23.8. The van der Waals surface area contributed by atoms with Gasteiger partial charge in [-0.1, -0.05) is 62.4 Å². The minimum absolute atomic E-state index is 0.558. The monoisotopic (exact) mass is 423 g/mol. The number of carboxylic acids is 2. The van der Waals surface area contributed by atoms with Gasteiger partial charge in [-0.3, -0.25) is 10.0 Å². The van der Waals surface area contributed by atoms with Gasteiger partial charge in [0.05, 0.1) is 13.1 Å². The molecule has 0 saturated carbocycles. The summed E-state index contributed by atoms with van der Waals surface area (Å²) < 4.78 is 0. The standard InChI is InChI=1S/C20H25N3.C4H4O4/c1-15(2)13-16-3-5-17(6-4-16)14-18-7-9-19(10-8-18)20-22-11-12-23(20)21;5-3(6)1-2-4(7)8/h3-10,15H,11-14,21H2,1-2H3;1-2H,(H,5,6)(H,7,8)/b;2-1+. The molecule has 0 atom stereocenters. The number of rotatable bonds is 7. The molecule has 7 nitrogen and oxygen atoms in total. The predicted octanol–water partition coefficient (Wildman–Crippen LogP) is 3.12. The summed E-state index contributed by atoms with van der Waals surface area (Å²) in [5.41, 5.74) is 5.18.